The number of nitrogens with zero attached hydrogens (tertiary/aromatic N) is 1. The lowest BCUT2D eigenvalue weighted by Gasteiger charge is -2.20. The van der Waals surface area contributed by atoms with E-state index in [9.17, 15) is 5.11 Å². The third-order valence-electron chi connectivity index (χ3n) is 3.60. The van der Waals surface area contributed by atoms with E-state index in [4.69, 9.17) is 19.0 Å². The minimum Gasteiger partial charge on any atom is -0.492 e. The number of hydrogen-bond acceptors (Lipinski definition) is 6. The van der Waals surface area contributed by atoms with Crippen molar-refractivity contribution in [2.45, 2.75) is 13.0 Å². The molecule has 0 aromatic heterocycles. The molecule has 1 aromatic carbocycles. The Labute approximate surface area is 138 Å². The Kier molecular flexibility index (Phi) is 4.02. The van der Waals surface area contributed by atoms with Gasteiger partial charge in [-0.3, -0.25) is 0 Å². The average molecular weight is 423 g/mol. The molecular weight excluding hydrogens is 410 g/mol. The molecular formula is C13H13Br2NO5. The maximum absolute atomic E-state index is 9.29. The SMILES string of the molecule is COc1c(Br)c([C@@H]2ON=C(CO)[C@@H]2C)c(Br)c2c1OCO2. The first-order valence-electron chi connectivity index (χ1n) is 6.28. The van der Waals surface area contributed by atoms with Gasteiger partial charge in [-0.1, -0.05) is 12.1 Å². The second-order valence-electron chi connectivity index (χ2n) is 4.70. The van der Waals surface area contributed by atoms with Gasteiger partial charge in [0.05, 0.1) is 28.4 Å². The van der Waals surface area contributed by atoms with Crippen LogP contribution in [0, 0.1) is 5.92 Å². The van der Waals surface area contributed by atoms with Crippen LogP contribution >= 0.6 is 31.9 Å². The normalized spacial score (nSPS) is 23.0. The van der Waals surface area contributed by atoms with Gasteiger partial charge in [0, 0.05) is 11.5 Å². The van der Waals surface area contributed by atoms with Gasteiger partial charge in [-0.05, 0) is 31.9 Å². The lowest BCUT2D eigenvalue weighted by molar-refractivity contribution is 0.0638. The summed E-state index contributed by atoms with van der Waals surface area (Å²) in [6.07, 6.45) is -0.348. The molecule has 3 rings (SSSR count). The number of aliphatic hydroxyl groups is 1. The molecule has 0 fully saturated rings. The Morgan fingerprint density at radius 2 is 2.00 bits per heavy atom. The number of rotatable bonds is 3. The smallest absolute Gasteiger partial charge is 0.231 e. The molecule has 2 heterocycles. The molecule has 0 aliphatic carbocycles. The molecule has 1 N–H and O–H groups in total. The van der Waals surface area contributed by atoms with Crippen molar-refractivity contribution in [2.75, 3.05) is 20.5 Å². The van der Waals surface area contributed by atoms with Gasteiger partial charge in [0.2, 0.25) is 12.5 Å². The average Bonchev–Trinajstić information content (AvgIpc) is 3.08. The Bertz CT molecular complexity index is 619. The first-order chi connectivity index (χ1) is 10.1. The van der Waals surface area contributed by atoms with Crippen molar-refractivity contribution in [3.05, 3.63) is 14.5 Å². The molecule has 2 atom stereocenters. The Morgan fingerprint density at radius 1 is 1.29 bits per heavy atom. The second-order valence-corrected chi connectivity index (χ2v) is 6.28. The second kappa shape index (κ2) is 5.66. The molecule has 1 aromatic rings. The van der Waals surface area contributed by atoms with E-state index in [1.165, 1.54) is 0 Å². The number of methoxy groups -OCH3 is 1. The van der Waals surface area contributed by atoms with Crippen LogP contribution in [-0.2, 0) is 4.84 Å². The molecule has 0 amide bonds. The largest absolute Gasteiger partial charge is 0.492 e. The fraction of sp³-hybridized carbons (Fsp3) is 0.462. The van der Waals surface area contributed by atoms with E-state index >= 15 is 0 Å². The molecule has 0 unspecified atom stereocenters. The molecule has 2 aliphatic rings. The number of benzene rings is 1. The minimum absolute atomic E-state index is 0.0623. The van der Waals surface area contributed by atoms with Crippen LogP contribution in [0.2, 0.25) is 0 Å². The molecule has 0 saturated heterocycles. The third-order valence-corrected chi connectivity index (χ3v) is 5.18. The van der Waals surface area contributed by atoms with Crippen molar-refractivity contribution in [3.63, 3.8) is 0 Å². The van der Waals surface area contributed by atoms with Crippen molar-refractivity contribution >= 4 is 37.6 Å². The van der Waals surface area contributed by atoms with Gasteiger partial charge in [-0.25, -0.2) is 0 Å². The lowest BCUT2D eigenvalue weighted by Crippen LogP contribution is -2.17. The summed E-state index contributed by atoms with van der Waals surface area (Å²) in [7, 11) is 1.56. The van der Waals surface area contributed by atoms with E-state index in [2.05, 4.69) is 37.0 Å². The molecule has 6 nitrogen and oxygen atoms in total. The van der Waals surface area contributed by atoms with E-state index in [0.717, 1.165) is 10.0 Å². The first-order valence-corrected chi connectivity index (χ1v) is 7.86. The minimum atomic E-state index is -0.348. The number of fused-ring (bicyclic) bond motifs is 1. The first kappa shape index (κ1) is 14.9. The topological polar surface area (TPSA) is 69.5 Å². The predicted octanol–water partition coefficient (Wildman–Crippen LogP) is 3.00. The van der Waals surface area contributed by atoms with Gasteiger partial charge in [0.15, 0.2) is 17.6 Å². The van der Waals surface area contributed by atoms with E-state index < -0.39 is 0 Å². The zero-order valence-electron chi connectivity index (χ0n) is 11.4. The summed E-state index contributed by atoms with van der Waals surface area (Å²) in [4.78, 5) is 5.49. The highest BCUT2D eigenvalue weighted by molar-refractivity contribution is 9.11. The van der Waals surface area contributed by atoms with Crippen molar-refractivity contribution in [1.82, 2.24) is 0 Å². The third kappa shape index (κ3) is 2.20. The Hall–Kier alpha value is -0.990. The van der Waals surface area contributed by atoms with E-state index in [1.807, 2.05) is 6.92 Å². The van der Waals surface area contributed by atoms with Crippen LogP contribution in [-0.4, -0.2) is 31.3 Å². The fourth-order valence-corrected chi connectivity index (χ4v) is 4.18. The fourth-order valence-electron chi connectivity index (χ4n) is 2.43. The summed E-state index contributed by atoms with van der Waals surface area (Å²) in [5.41, 5.74) is 1.42. The summed E-state index contributed by atoms with van der Waals surface area (Å²) in [6.45, 7) is 1.96. The maximum atomic E-state index is 9.29. The molecule has 0 radical (unpaired) electrons. The quantitative estimate of drug-likeness (QED) is 0.810. The van der Waals surface area contributed by atoms with Gasteiger partial charge < -0.3 is 24.2 Å². The van der Waals surface area contributed by atoms with Crippen molar-refractivity contribution in [1.29, 1.82) is 0 Å². The number of hydrogen-bond donors (Lipinski definition) is 1. The highest BCUT2D eigenvalue weighted by Crippen LogP contribution is 2.55. The number of ether oxygens (including phenoxy) is 3. The van der Waals surface area contributed by atoms with Crippen molar-refractivity contribution < 1.29 is 24.2 Å². The van der Waals surface area contributed by atoms with Crippen LogP contribution < -0.4 is 14.2 Å². The van der Waals surface area contributed by atoms with E-state index in [-0.39, 0.29) is 25.4 Å². The zero-order chi connectivity index (χ0) is 15.1. The molecule has 8 heteroatoms. The summed E-state index contributed by atoms with van der Waals surface area (Å²) < 4.78 is 17.8. The molecule has 114 valence electrons. The number of oxime groups is 1. The van der Waals surface area contributed by atoms with Gasteiger partial charge in [-0.2, -0.15) is 0 Å². The van der Waals surface area contributed by atoms with Crippen molar-refractivity contribution in [2.24, 2.45) is 11.1 Å². The van der Waals surface area contributed by atoms with E-state index in [0.29, 0.717) is 27.4 Å². The van der Waals surface area contributed by atoms with Crippen molar-refractivity contribution in [3.8, 4) is 17.2 Å². The van der Waals surface area contributed by atoms with E-state index in [1.54, 1.807) is 7.11 Å². The molecule has 2 aliphatic heterocycles. The summed E-state index contributed by atoms with van der Waals surface area (Å²) in [5.74, 6) is 1.62. The molecule has 0 bridgehead atoms. The van der Waals surface area contributed by atoms with Gasteiger partial charge in [0.25, 0.3) is 0 Å². The van der Waals surface area contributed by atoms with Crippen LogP contribution in [0.3, 0.4) is 0 Å². The standard InChI is InChI=1S/C13H13Br2NO5/c1-5-6(3-17)16-21-10(5)7-8(14)11(18-2)13-12(9(7)15)19-4-20-13/h5,10,17H,3-4H2,1-2H3/t5-,10+/m0/s1. The number of aliphatic hydroxyl groups excluding tert-OH is 1. The highest BCUT2D eigenvalue weighted by atomic mass is 79.9. The van der Waals surface area contributed by atoms with Crippen LogP contribution in [0.1, 0.15) is 18.6 Å². The van der Waals surface area contributed by atoms with Gasteiger partial charge in [0.1, 0.15) is 0 Å². The number of halogens is 2. The van der Waals surface area contributed by atoms with Crippen LogP contribution in [0.4, 0.5) is 0 Å². The molecule has 0 spiro atoms. The Balaban J connectivity index is 2.12. The van der Waals surface area contributed by atoms with Gasteiger partial charge >= 0.3 is 0 Å². The predicted molar refractivity (Wildman–Crippen MR) is 82.0 cm³/mol. The summed E-state index contributed by atoms with van der Waals surface area (Å²) in [6, 6.07) is 0. The highest BCUT2D eigenvalue weighted by Gasteiger charge is 2.39. The van der Waals surface area contributed by atoms with Gasteiger partial charge in [-0.15, -0.1) is 0 Å². The van der Waals surface area contributed by atoms with Crippen LogP contribution in [0.15, 0.2) is 14.1 Å². The van der Waals surface area contributed by atoms with Crippen LogP contribution in [0.25, 0.3) is 0 Å². The monoisotopic (exact) mass is 421 g/mol. The molecule has 21 heavy (non-hydrogen) atoms. The zero-order valence-corrected chi connectivity index (χ0v) is 14.5. The summed E-state index contributed by atoms with van der Waals surface area (Å²) >= 11 is 7.08. The summed E-state index contributed by atoms with van der Waals surface area (Å²) in [5, 5.41) is 13.2. The lowest BCUT2D eigenvalue weighted by atomic mass is 9.93. The van der Waals surface area contributed by atoms with Crippen LogP contribution in [0.5, 0.6) is 17.2 Å². The maximum Gasteiger partial charge on any atom is 0.231 e. The Morgan fingerprint density at radius 3 is 2.62 bits per heavy atom. The molecule has 0 saturated carbocycles.